The van der Waals surface area contributed by atoms with E-state index in [4.69, 9.17) is 0 Å². The third kappa shape index (κ3) is 4.83. The number of thioether (sulfide) groups is 1. The van der Waals surface area contributed by atoms with Gasteiger partial charge in [-0.25, -0.2) is 0 Å². The molecule has 5 rings (SSSR count). The van der Waals surface area contributed by atoms with Crippen LogP contribution in [0.3, 0.4) is 0 Å². The second-order valence-corrected chi connectivity index (χ2v) is 13.5. The molecule has 0 saturated heterocycles. The predicted octanol–water partition coefficient (Wildman–Crippen LogP) is 5.19. The molecule has 4 aliphatic rings. The van der Waals surface area contributed by atoms with E-state index in [9.17, 15) is 14.4 Å². The number of rotatable bonds is 15. The van der Waals surface area contributed by atoms with Crippen LogP contribution in [0.5, 0.6) is 0 Å². The summed E-state index contributed by atoms with van der Waals surface area (Å²) in [5, 5.41) is 6.50. The van der Waals surface area contributed by atoms with Crippen LogP contribution in [-0.4, -0.2) is 54.4 Å². The molecule has 3 aliphatic carbocycles. The molecule has 208 valence electrons. The van der Waals surface area contributed by atoms with Crippen LogP contribution < -0.4 is 10.6 Å². The molecule has 1 heterocycles. The van der Waals surface area contributed by atoms with E-state index in [1.165, 1.54) is 62.8 Å². The summed E-state index contributed by atoms with van der Waals surface area (Å²) in [4.78, 5) is 38.8. The standard InChI is InChI=1S/C31H45N3O3S/c1-21-26-18-27(30(2)13-14-31(21,26)30)33-15-7-5-4-6-8-16-38-24-10-11-25-22(17-24)19-34(29(25)37)23(20-35)9-12-28(36)32-3/h10-11,17,20-21,23,26-27,33H,4-9,12-16,18-19H2,1-3H3,(H,32,36). The number of carbonyl (C=O) groups is 3. The second-order valence-electron chi connectivity index (χ2n) is 12.4. The Morgan fingerprint density at radius 3 is 2.71 bits per heavy atom. The molecule has 1 aliphatic heterocycles. The van der Waals surface area contributed by atoms with Gasteiger partial charge in [0.15, 0.2) is 0 Å². The Kier molecular flexibility index (Phi) is 8.25. The maximum atomic E-state index is 12.8. The van der Waals surface area contributed by atoms with Gasteiger partial charge in [-0.3, -0.25) is 9.59 Å². The molecule has 6 unspecified atom stereocenters. The zero-order valence-electron chi connectivity index (χ0n) is 23.4. The lowest BCUT2D eigenvalue weighted by Gasteiger charge is -2.51. The van der Waals surface area contributed by atoms with Crippen LogP contribution in [0.4, 0.5) is 0 Å². The molecule has 1 aromatic carbocycles. The van der Waals surface area contributed by atoms with Crippen LogP contribution in [-0.2, 0) is 16.1 Å². The van der Waals surface area contributed by atoms with Crippen LogP contribution in [0.25, 0.3) is 0 Å². The number of amides is 2. The fraction of sp³-hybridized carbons (Fsp3) is 0.710. The van der Waals surface area contributed by atoms with E-state index in [1.54, 1.807) is 11.9 Å². The maximum absolute atomic E-state index is 12.8. The van der Waals surface area contributed by atoms with Crippen molar-refractivity contribution in [3.05, 3.63) is 29.3 Å². The van der Waals surface area contributed by atoms with Gasteiger partial charge in [-0.05, 0) is 97.3 Å². The minimum Gasteiger partial charge on any atom is -0.359 e. The first-order valence-electron chi connectivity index (χ1n) is 14.8. The van der Waals surface area contributed by atoms with Gasteiger partial charge in [0, 0.05) is 36.5 Å². The van der Waals surface area contributed by atoms with E-state index < -0.39 is 6.04 Å². The number of hydrogen-bond donors (Lipinski definition) is 2. The Morgan fingerprint density at radius 2 is 2.00 bits per heavy atom. The number of hydrogen-bond acceptors (Lipinski definition) is 5. The van der Waals surface area contributed by atoms with Crippen LogP contribution in [0.2, 0.25) is 0 Å². The Hall–Kier alpha value is -1.86. The van der Waals surface area contributed by atoms with Crippen LogP contribution in [0, 0.1) is 22.7 Å². The van der Waals surface area contributed by atoms with Gasteiger partial charge < -0.3 is 20.3 Å². The highest BCUT2D eigenvalue weighted by molar-refractivity contribution is 7.99. The van der Waals surface area contributed by atoms with Crippen molar-refractivity contribution in [2.75, 3.05) is 19.3 Å². The summed E-state index contributed by atoms with van der Waals surface area (Å²) < 4.78 is 0. The highest BCUT2D eigenvalue weighted by Gasteiger charge is 2.80. The molecule has 7 heteroatoms. The van der Waals surface area contributed by atoms with Gasteiger partial charge in [0.05, 0.1) is 6.04 Å². The molecule has 3 fully saturated rings. The average Bonchev–Trinajstić information content (AvgIpc) is 3.34. The summed E-state index contributed by atoms with van der Waals surface area (Å²) >= 11 is 1.85. The SMILES string of the molecule is CNC(=O)CCC(C=O)N1Cc2cc(SCCCCCCCNC3CC4C(C)C45CCC35C)ccc2C1=O. The smallest absolute Gasteiger partial charge is 0.255 e. The van der Waals surface area contributed by atoms with E-state index in [0.29, 0.717) is 23.9 Å². The number of aldehydes is 1. The van der Waals surface area contributed by atoms with Crippen molar-refractivity contribution in [3.63, 3.8) is 0 Å². The van der Waals surface area contributed by atoms with Gasteiger partial charge in [-0.1, -0.05) is 33.1 Å². The molecule has 6 nitrogen and oxygen atoms in total. The van der Waals surface area contributed by atoms with Gasteiger partial charge >= 0.3 is 0 Å². The number of unbranched alkanes of at least 4 members (excludes halogenated alkanes) is 4. The van der Waals surface area contributed by atoms with E-state index >= 15 is 0 Å². The normalized spacial score (nSPS) is 31.3. The van der Waals surface area contributed by atoms with Crippen molar-refractivity contribution in [2.24, 2.45) is 22.7 Å². The Balaban J connectivity index is 0.956. The van der Waals surface area contributed by atoms with E-state index in [1.807, 2.05) is 23.9 Å². The number of benzene rings is 1. The van der Waals surface area contributed by atoms with Gasteiger partial charge in [0.25, 0.3) is 5.91 Å². The van der Waals surface area contributed by atoms with E-state index in [-0.39, 0.29) is 18.2 Å². The average molecular weight is 540 g/mol. The number of fused-ring (bicyclic) bond motifs is 1. The van der Waals surface area contributed by atoms with Crippen molar-refractivity contribution in [3.8, 4) is 0 Å². The largest absolute Gasteiger partial charge is 0.359 e. The summed E-state index contributed by atoms with van der Waals surface area (Å²) in [5.74, 6) is 2.84. The quantitative estimate of drug-likeness (QED) is 0.182. The molecule has 0 aromatic heterocycles. The molecule has 2 N–H and O–H groups in total. The van der Waals surface area contributed by atoms with Crippen molar-refractivity contribution >= 4 is 29.9 Å². The second kappa shape index (κ2) is 11.3. The lowest BCUT2D eigenvalue weighted by molar-refractivity contribution is -0.121. The predicted molar refractivity (Wildman–Crippen MR) is 152 cm³/mol. The Bertz CT molecular complexity index is 1060. The third-order valence-corrected chi connectivity index (χ3v) is 11.8. The first-order chi connectivity index (χ1) is 18.4. The zero-order valence-corrected chi connectivity index (χ0v) is 24.2. The highest BCUT2D eigenvalue weighted by atomic mass is 32.2. The van der Waals surface area contributed by atoms with Gasteiger partial charge in [-0.2, -0.15) is 0 Å². The molecule has 0 bridgehead atoms. The molecular weight excluding hydrogens is 494 g/mol. The Morgan fingerprint density at radius 1 is 1.21 bits per heavy atom. The molecule has 2 amide bonds. The van der Waals surface area contributed by atoms with Gasteiger partial charge in [0.2, 0.25) is 5.91 Å². The third-order valence-electron chi connectivity index (χ3n) is 10.7. The zero-order chi connectivity index (χ0) is 26.9. The summed E-state index contributed by atoms with van der Waals surface area (Å²) in [6.07, 6.45) is 12.1. The van der Waals surface area contributed by atoms with Crippen molar-refractivity contribution in [1.82, 2.24) is 15.5 Å². The molecule has 0 radical (unpaired) electrons. The van der Waals surface area contributed by atoms with Crippen LogP contribution in [0.15, 0.2) is 23.1 Å². The number of nitrogens with zero attached hydrogens (tertiary/aromatic N) is 1. The van der Waals surface area contributed by atoms with Gasteiger partial charge in [0.1, 0.15) is 6.29 Å². The molecule has 38 heavy (non-hydrogen) atoms. The van der Waals surface area contributed by atoms with Gasteiger partial charge in [-0.15, -0.1) is 11.8 Å². The fourth-order valence-corrected chi connectivity index (χ4v) is 9.20. The van der Waals surface area contributed by atoms with Crippen molar-refractivity contribution in [1.29, 1.82) is 0 Å². The summed E-state index contributed by atoms with van der Waals surface area (Å²) in [5.41, 5.74) is 2.97. The van der Waals surface area contributed by atoms with Crippen molar-refractivity contribution in [2.45, 2.75) is 102 Å². The first kappa shape index (κ1) is 27.7. The molecule has 1 aromatic rings. The van der Waals surface area contributed by atoms with Crippen molar-refractivity contribution < 1.29 is 14.4 Å². The molecular formula is C31H45N3O3S. The maximum Gasteiger partial charge on any atom is 0.255 e. The minimum absolute atomic E-state index is 0.111. The number of carbonyl (C=O) groups excluding carboxylic acids is 3. The highest BCUT2D eigenvalue weighted by Crippen LogP contribution is 2.84. The minimum atomic E-state index is -0.566. The molecule has 6 atom stereocenters. The summed E-state index contributed by atoms with van der Waals surface area (Å²) in [7, 11) is 1.58. The van der Waals surface area contributed by atoms with Crippen LogP contribution >= 0.6 is 11.8 Å². The molecule has 3 saturated carbocycles. The molecule has 1 spiro atoms. The van der Waals surface area contributed by atoms with E-state index in [2.05, 4.69) is 30.5 Å². The first-order valence-corrected chi connectivity index (χ1v) is 15.8. The topological polar surface area (TPSA) is 78.5 Å². The lowest BCUT2D eigenvalue weighted by atomic mass is 9.56. The monoisotopic (exact) mass is 539 g/mol. The lowest BCUT2D eigenvalue weighted by Crippen LogP contribution is -2.52. The number of nitrogens with one attached hydrogen (secondary N) is 2. The Labute approximate surface area is 232 Å². The van der Waals surface area contributed by atoms with E-state index in [0.717, 1.165) is 40.9 Å². The summed E-state index contributed by atoms with van der Waals surface area (Å²) in [6, 6.07) is 6.22. The van der Waals surface area contributed by atoms with Crippen LogP contribution in [0.1, 0.15) is 94.0 Å². The fourth-order valence-electron chi connectivity index (χ4n) is 8.23. The summed E-state index contributed by atoms with van der Waals surface area (Å²) in [6.45, 7) is 6.66.